The molecule has 0 saturated heterocycles. The van der Waals surface area contributed by atoms with Crippen molar-refractivity contribution in [3.05, 3.63) is 34.2 Å². The number of hydrogen-bond donors (Lipinski definition) is 2. The number of imidazole rings is 1. The van der Waals surface area contributed by atoms with Crippen molar-refractivity contribution in [3.8, 4) is 0 Å². The second-order valence-corrected chi connectivity index (χ2v) is 6.45. The van der Waals surface area contributed by atoms with Crippen LogP contribution in [-0.2, 0) is 0 Å². The van der Waals surface area contributed by atoms with Gasteiger partial charge in [-0.3, -0.25) is 0 Å². The Morgan fingerprint density at radius 3 is 2.53 bits per heavy atom. The molecule has 3 atom stereocenters. The van der Waals surface area contributed by atoms with E-state index in [0.717, 1.165) is 28.4 Å². The van der Waals surface area contributed by atoms with E-state index >= 15 is 0 Å². The third-order valence-corrected chi connectivity index (χ3v) is 5.46. The number of aromatic amines is 2. The third kappa shape index (κ3) is 1.83. The Morgan fingerprint density at radius 2 is 1.79 bits per heavy atom. The summed E-state index contributed by atoms with van der Waals surface area (Å²) in [5.41, 5.74) is 2.70. The minimum absolute atomic E-state index is 0.0934. The first kappa shape index (κ1) is 11.6. The molecule has 0 spiro atoms. The average molecular weight is 277 g/mol. The maximum Gasteiger partial charge on any atom is 0.323 e. The van der Waals surface area contributed by atoms with Crippen LogP contribution in [0.1, 0.15) is 36.6 Å². The minimum atomic E-state index is -0.154. The highest BCUT2D eigenvalue weighted by molar-refractivity contribution is 6.21. The van der Waals surface area contributed by atoms with Crippen LogP contribution in [0.5, 0.6) is 0 Å². The van der Waals surface area contributed by atoms with Crippen molar-refractivity contribution in [3.63, 3.8) is 0 Å². The first-order valence-electron chi connectivity index (χ1n) is 7.10. The summed E-state index contributed by atoms with van der Waals surface area (Å²) >= 11 is 6.68. The topological polar surface area (TPSA) is 48.6 Å². The molecular weight excluding hydrogens is 260 g/mol. The molecule has 0 amide bonds. The van der Waals surface area contributed by atoms with Gasteiger partial charge in [-0.25, -0.2) is 4.79 Å². The van der Waals surface area contributed by atoms with Crippen LogP contribution in [0.15, 0.2) is 23.0 Å². The molecule has 1 aromatic carbocycles. The van der Waals surface area contributed by atoms with Crippen molar-refractivity contribution in [1.82, 2.24) is 9.97 Å². The first-order valence-corrected chi connectivity index (χ1v) is 7.54. The average Bonchev–Trinajstić information content (AvgIpc) is 3.02. The van der Waals surface area contributed by atoms with E-state index in [1.165, 1.54) is 25.7 Å². The zero-order valence-corrected chi connectivity index (χ0v) is 11.4. The fourth-order valence-corrected chi connectivity index (χ4v) is 4.44. The molecular formula is C15H17ClN2O. The number of H-pyrrole nitrogens is 2. The highest BCUT2D eigenvalue weighted by Gasteiger charge is 2.53. The molecule has 3 unspecified atom stereocenters. The zero-order chi connectivity index (χ0) is 13.0. The molecule has 100 valence electrons. The highest BCUT2D eigenvalue weighted by atomic mass is 35.5. The highest BCUT2D eigenvalue weighted by Crippen LogP contribution is 2.62. The fraction of sp³-hybridized carbons (Fsp3) is 0.533. The van der Waals surface area contributed by atoms with Crippen molar-refractivity contribution < 1.29 is 0 Å². The van der Waals surface area contributed by atoms with Crippen LogP contribution in [0.25, 0.3) is 11.0 Å². The lowest BCUT2D eigenvalue weighted by Gasteiger charge is -2.09. The third-order valence-electron chi connectivity index (χ3n) is 4.92. The van der Waals surface area contributed by atoms with Gasteiger partial charge in [0, 0.05) is 0 Å². The van der Waals surface area contributed by atoms with Gasteiger partial charge in [0.15, 0.2) is 0 Å². The van der Waals surface area contributed by atoms with E-state index in [9.17, 15) is 4.79 Å². The second kappa shape index (κ2) is 4.14. The van der Waals surface area contributed by atoms with Gasteiger partial charge in [0.25, 0.3) is 0 Å². The van der Waals surface area contributed by atoms with E-state index in [1.54, 1.807) is 0 Å². The minimum Gasteiger partial charge on any atom is -0.306 e. The van der Waals surface area contributed by atoms with Gasteiger partial charge in [0.1, 0.15) is 0 Å². The number of aromatic nitrogens is 2. The van der Waals surface area contributed by atoms with Crippen LogP contribution in [0, 0.1) is 17.8 Å². The molecule has 2 fully saturated rings. The van der Waals surface area contributed by atoms with Crippen molar-refractivity contribution in [2.24, 2.45) is 17.8 Å². The number of nitrogens with one attached hydrogen (secondary N) is 2. The molecule has 2 aliphatic rings. The molecule has 2 aliphatic carbocycles. The molecule has 4 rings (SSSR count). The number of alkyl halides is 1. The van der Waals surface area contributed by atoms with Crippen molar-refractivity contribution in [1.29, 1.82) is 0 Å². The summed E-state index contributed by atoms with van der Waals surface area (Å²) in [6.07, 6.45) is 5.43. The van der Waals surface area contributed by atoms with Gasteiger partial charge in [-0.2, -0.15) is 0 Å². The van der Waals surface area contributed by atoms with E-state index in [4.69, 9.17) is 11.6 Å². The standard InChI is InChI=1S/C15H17ClN2O/c16-14(13-9-3-1-2-4-10(9)13)8-5-6-11-12(7-8)18-15(19)17-11/h5-7,9-10,13-14H,1-4H2,(H2,17,18,19). The first-order chi connectivity index (χ1) is 9.24. The van der Waals surface area contributed by atoms with Crippen LogP contribution < -0.4 is 5.69 Å². The van der Waals surface area contributed by atoms with Gasteiger partial charge in [-0.15, -0.1) is 11.6 Å². The number of rotatable bonds is 2. The van der Waals surface area contributed by atoms with E-state index in [-0.39, 0.29) is 11.1 Å². The quantitative estimate of drug-likeness (QED) is 0.810. The van der Waals surface area contributed by atoms with Gasteiger partial charge in [-0.05, 0) is 48.3 Å². The molecule has 2 N–H and O–H groups in total. The lowest BCUT2D eigenvalue weighted by molar-refractivity contribution is 0.480. The van der Waals surface area contributed by atoms with Gasteiger partial charge in [-0.1, -0.05) is 18.9 Å². The Kier molecular flexibility index (Phi) is 2.52. The molecule has 2 saturated carbocycles. The summed E-state index contributed by atoms with van der Waals surface area (Å²) in [5, 5.41) is 0.0934. The summed E-state index contributed by atoms with van der Waals surface area (Å²) in [7, 11) is 0. The summed E-state index contributed by atoms with van der Waals surface area (Å²) in [6.45, 7) is 0. The number of hydrogen-bond acceptors (Lipinski definition) is 1. The Morgan fingerprint density at radius 1 is 1.11 bits per heavy atom. The molecule has 0 aliphatic heterocycles. The van der Waals surface area contributed by atoms with E-state index in [2.05, 4.69) is 9.97 Å². The van der Waals surface area contributed by atoms with Gasteiger partial charge >= 0.3 is 5.69 Å². The molecule has 19 heavy (non-hydrogen) atoms. The molecule has 4 heteroatoms. The SMILES string of the molecule is O=c1[nH]c2ccc(C(Cl)C3C4CCCCC43)cc2[nH]1. The molecule has 0 bridgehead atoms. The van der Waals surface area contributed by atoms with E-state index < -0.39 is 0 Å². The zero-order valence-electron chi connectivity index (χ0n) is 10.7. The van der Waals surface area contributed by atoms with Crippen LogP contribution in [0.4, 0.5) is 0 Å². The van der Waals surface area contributed by atoms with Gasteiger partial charge < -0.3 is 9.97 Å². The van der Waals surface area contributed by atoms with Crippen molar-refractivity contribution in [2.75, 3.05) is 0 Å². The lowest BCUT2D eigenvalue weighted by Crippen LogP contribution is -1.99. The molecule has 0 radical (unpaired) electrons. The van der Waals surface area contributed by atoms with Crippen LogP contribution in [0.2, 0.25) is 0 Å². The summed E-state index contributed by atoms with van der Waals surface area (Å²) in [5.74, 6) is 2.33. The van der Waals surface area contributed by atoms with E-state index in [1.807, 2.05) is 18.2 Å². The lowest BCUT2D eigenvalue weighted by atomic mass is 10.0. The molecule has 1 aromatic heterocycles. The Hall–Kier alpha value is -1.22. The van der Waals surface area contributed by atoms with Gasteiger partial charge in [0.2, 0.25) is 0 Å². The Bertz CT molecular complexity index is 662. The Labute approximate surface area is 116 Å². The summed E-state index contributed by atoms with van der Waals surface area (Å²) in [6, 6.07) is 6.02. The maximum atomic E-state index is 11.3. The monoisotopic (exact) mass is 276 g/mol. The Balaban J connectivity index is 1.64. The number of benzene rings is 1. The summed E-state index contributed by atoms with van der Waals surface area (Å²) < 4.78 is 0. The number of halogens is 1. The van der Waals surface area contributed by atoms with E-state index in [0.29, 0.717) is 5.92 Å². The molecule has 3 nitrogen and oxygen atoms in total. The van der Waals surface area contributed by atoms with Crippen LogP contribution in [-0.4, -0.2) is 9.97 Å². The van der Waals surface area contributed by atoms with Crippen LogP contribution >= 0.6 is 11.6 Å². The molecule has 1 heterocycles. The second-order valence-electron chi connectivity index (χ2n) is 5.98. The maximum absolute atomic E-state index is 11.3. The number of fused-ring (bicyclic) bond motifs is 2. The largest absolute Gasteiger partial charge is 0.323 e. The summed E-state index contributed by atoms with van der Waals surface area (Å²) in [4.78, 5) is 16.8. The predicted molar refractivity (Wildman–Crippen MR) is 76.5 cm³/mol. The normalized spacial score (nSPS) is 31.1. The van der Waals surface area contributed by atoms with Gasteiger partial charge in [0.05, 0.1) is 16.4 Å². The predicted octanol–water partition coefficient (Wildman–Crippen LogP) is 3.57. The smallest absolute Gasteiger partial charge is 0.306 e. The van der Waals surface area contributed by atoms with Crippen LogP contribution in [0.3, 0.4) is 0 Å². The fourth-order valence-electron chi connectivity index (χ4n) is 3.93. The van der Waals surface area contributed by atoms with Crippen molar-refractivity contribution in [2.45, 2.75) is 31.1 Å². The molecule has 2 aromatic rings. The van der Waals surface area contributed by atoms with Crippen molar-refractivity contribution >= 4 is 22.6 Å².